The maximum atomic E-state index is 12.5. The fourth-order valence-corrected chi connectivity index (χ4v) is 4.06. The van der Waals surface area contributed by atoms with Crippen LogP contribution in [0.5, 0.6) is 0 Å². The number of aromatic carboxylic acids is 1. The summed E-state index contributed by atoms with van der Waals surface area (Å²) in [5.74, 6) is -1.07. The van der Waals surface area contributed by atoms with E-state index in [2.05, 4.69) is 15.6 Å². The molecule has 130 valence electrons. The third-order valence-electron chi connectivity index (χ3n) is 3.60. The van der Waals surface area contributed by atoms with Crippen molar-refractivity contribution >= 4 is 46.6 Å². The molecular weight excluding hydrogens is 362 g/mol. The molecule has 0 radical (unpaired) electrons. The zero-order valence-electron chi connectivity index (χ0n) is 13.5. The summed E-state index contributed by atoms with van der Waals surface area (Å²) in [6.45, 7) is 3.37. The Morgan fingerprint density at radius 3 is 2.84 bits per heavy atom. The average Bonchev–Trinajstić information content (AvgIpc) is 2.96. The minimum absolute atomic E-state index is 0.0945. The molecule has 0 fully saturated rings. The number of nitrogens with zero attached hydrogens (tertiary/aromatic N) is 1. The molecular formula is C16H15N3O4S2. The van der Waals surface area contributed by atoms with Crippen LogP contribution in [0.4, 0.5) is 5.69 Å². The Labute approximate surface area is 151 Å². The Hall–Kier alpha value is -2.39. The largest absolute Gasteiger partial charge is 0.477 e. The fraction of sp³-hybridized carbons (Fsp3) is 0.250. The van der Waals surface area contributed by atoms with Crippen LogP contribution in [-0.4, -0.2) is 33.6 Å². The number of thioether (sulfide) groups is 1. The van der Waals surface area contributed by atoms with Gasteiger partial charge < -0.3 is 15.7 Å². The van der Waals surface area contributed by atoms with E-state index in [0.29, 0.717) is 27.7 Å². The van der Waals surface area contributed by atoms with Crippen molar-refractivity contribution in [1.82, 2.24) is 10.3 Å². The normalized spacial score (nSPS) is 14.4. The fourth-order valence-electron chi connectivity index (χ4n) is 2.37. The van der Waals surface area contributed by atoms with Crippen molar-refractivity contribution in [1.29, 1.82) is 0 Å². The van der Waals surface area contributed by atoms with E-state index in [9.17, 15) is 14.4 Å². The lowest BCUT2D eigenvalue weighted by Crippen LogP contribution is -2.27. The molecule has 7 nitrogen and oxygen atoms in total. The summed E-state index contributed by atoms with van der Waals surface area (Å²) in [5.41, 5.74) is 1.47. The van der Waals surface area contributed by atoms with Crippen molar-refractivity contribution in [3.8, 4) is 0 Å². The van der Waals surface area contributed by atoms with E-state index in [-0.39, 0.29) is 16.7 Å². The van der Waals surface area contributed by atoms with Gasteiger partial charge in [0.1, 0.15) is 9.88 Å². The molecule has 2 amide bonds. The van der Waals surface area contributed by atoms with Gasteiger partial charge in [-0.2, -0.15) is 0 Å². The number of nitrogens with one attached hydrogen (secondary N) is 2. The maximum absolute atomic E-state index is 12.5. The number of carbonyl (C=O) groups excluding carboxylic acids is 2. The first-order valence-electron chi connectivity index (χ1n) is 7.43. The molecule has 0 saturated heterocycles. The van der Waals surface area contributed by atoms with E-state index < -0.39 is 12.0 Å². The summed E-state index contributed by atoms with van der Waals surface area (Å²) < 4.78 is 0. The van der Waals surface area contributed by atoms with Crippen molar-refractivity contribution in [2.45, 2.75) is 24.8 Å². The quantitative estimate of drug-likeness (QED) is 0.756. The van der Waals surface area contributed by atoms with Crippen molar-refractivity contribution in [2.24, 2.45) is 0 Å². The number of benzene rings is 1. The van der Waals surface area contributed by atoms with E-state index in [1.165, 1.54) is 11.8 Å². The number of carboxylic acid groups (broad SMARTS) is 1. The SMILES string of the molecule is Cc1nc(C(C)NC(=O)c2ccc3c(c2)NC(=O)CS3)sc1C(=O)O. The first kappa shape index (κ1) is 17.4. The van der Waals surface area contributed by atoms with Crippen LogP contribution in [0.3, 0.4) is 0 Å². The number of aromatic nitrogens is 1. The number of carbonyl (C=O) groups is 3. The third kappa shape index (κ3) is 3.67. The van der Waals surface area contributed by atoms with Crippen LogP contribution in [0.15, 0.2) is 23.1 Å². The summed E-state index contributed by atoms with van der Waals surface area (Å²) in [5, 5.41) is 15.2. The van der Waals surface area contributed by atoms with E-state index in [4.69, 9.17) is 5.11 Å². The Kier molecular flexibility index (Phi) is 4.78. The molecule has 1 aromatic carbocycles. The van der Waals surface area contributed by atoms with Gasteiger partial charge in [0.05, 0.1) is 23.2 Å². The van der Waals surface area contributed by atoms with Gasteiger partial charge in [0.15, 0.2) is 0 Å². The van der Waals surface area contributed by atoms with Crippen LogP contribution in [0, 0.1) is 6.92 Å². The van der Waals surface area contributed by atoms with Gasteiger partial charge in [-0.15, -0.1) is 23.1 Å². The predicted octanol–water partition coefficient (Wildman–Crippen LogP) is 2.68. The van der Waals surface area contributed by atoms with Gasteiger partial charge in [-0.05, 0) is 32.0 Å². The number of aryl methyl sites for hydroxylation is 1. The van der Waals surface area contributed by atoms with Gasteiger partial charge in [-0.25, -0.2) is 9.78 Å². The zero-order valence-corrected chi connectivity index (χ0v) is 15.1. The van der Waals surface area contributed by atoms with Crippen LogP contribution in [0.2, 0.25) is 0 Å². The molecule has 25 heavy (non-hydrogen) atoms. The lowest BCUT2D eigenvalue weighted by Gasteiger charge is -2.17. The van der Waals surface area contributed by atoms with Gasteiger partial charge in [0.25, 0.3) is 5.91 Å². The van der Waals surface area contributed by atoms with Crippen LogP contribution in [0.25, 0.3) is 0 Å². The highest BCUT2D eigenvalue weighted by Crippen LogP contribution is 2.32. The van der Waals surface area contributed by atoms with Gasteiger partial charge >= 0.3 is 5.97 Å². The van der Waals surface area contributed by atoms with Crippen molar-refractivity contribution in [3.05, 3.63) is 39.3 Å². The van der Waals surface area contributed by atoms with Gasteiger partial charge in [0, 0.05) is 10.5 Å². The minimum Gasteiger partial charge on any atom is -0.477 e. The Bertz CT molecular complexity index is 878. The van der Waals surface area contributed by atoms with Crippen LogP contribution in [0.1, 0.15) is 43.7 Å². The Morgan fingerprint density at radius 2 is 2.16 bits per heavy atom. The number of hydrogen-bond donors (Lipinski definition) is 3. The van der Waals surface area contributed by atoms with Crippen LogP contribution in [-0.2, 0) is 4.79 Å². The van der Waals surface area contributed by atoms with Gasteiger partial charge in [-0.1, -0.05) is 0 Å². The Morgan fingerprint density at radius 1 is 1.40 bits per heavy atom. The smallest absolute Gasteiger partial charge is 0.347 e. The highest BCUT2D eigenvalue weighted by Gasteiger charge is 2.21. The molecule has 9 heteroatoms. The zero-order chi connectivity index (χ0) is 18.1. The topological polar surface area (TPSA) is 108 Å². The number of fused-ring (bicyclic) bond motifs is 1. The molecule has 1 aromatic heterocycles. The number of thiazole rings is 1. The summed E-state index contributed by atoms with van der Waals surface area (Å²) in [6.07, 6.45) is 0. The molecule has 0 spiro atoms. The number of rotatable bonds is 4. The van der Waals surface area contributed by atoms with E-state index in [0.717, 1.165) is 16.2 Å². The van der Waals surface area contributed by atoms with Gasteiger partial charge in [-0.3, -0.25) is 9.59 Å². The van der Waals surface area contributed by atoms with Crippen LogP contribution >= 0.6 is 23.1 Å². The molecule has 2 aromatic rings. The number of amides is 2. The summed E-state index contributed by atoms with van der Waals surface area (Å²) >= 11 is 2.48. The van der Waals surface area contributed by atoms with Crippen molar-refractivity contribution in [2.75, 3.05) is 11.1 Å². The van der Waals surface area contributed by atoms with Gasteiger partial charge in [0.2, 0.25) is 5.91 Å². The summed E-state index contributed by atoms with van der Waals surface area (Å²) in [6, 6.07) is 4.71. The molecule has 3 N–H and O–H groups in total. The second kappa shape index (κ2) is 6.85. The maximum Gasteiger partial charge on any atom is 0.347 e. The highest BCUT2D eigenvalue weighted by atomic mass is 32.2. The van der Waals surface area contributed by atoms with Crippen molar-refractivity contribution < 1.29 is 19.5 Å². The number of anilines is 1. The molecule has 1 unspecified atom stereocenters. The van der Waals surface area contributed by atoms with E-state index >= 15 is 0 Å². The lowest BCUT2D eigenvalue weighted by atomic mass is 10.1. The highest BCUT2D eigenvalue weighted by molar-refractivity contribution is 8.00. The molecule has 0 saturated carbocycles. The first-order valence-corrected chi connectivity index (χ1v) is 9.23. The van der Waals surface area contributed by atoms with E-state index in [1.54, 1.807) is 32.0 Å². The van der Waals surface area contributed by atoms with E-state index in [1.807, 2.05) is 0 Å². The molecule has 1 atom stereocenters. The number of hydrogen-bond acceptors (Lipinski definition) is 6. The minimum atomic E-state index is -1.03. The summed E-state index contributed by atoms with van der Waals surface area (Å²) in [4.78, 5) is 40.3. The monoisotopic (exact) mass is 377 g/mol. The standard InChI is InChI=1S/C16H15N3O4S2/c1-7-13(16(22)23)25-15(18-7)8(2)17-14(21)9-3-4-11-10(5-9)19-12(20)6-24-11/h3-5,8H,6H2,1-2H3,(H,17,21)(H,19,20)(H,22,23). The molecule has 1 aliphatic rings. The lowest BCUT2D eigenvalue weighted by molar-refractivity contribution is -0.113. The second-order valence-corrected chi connectivity index (χ2v) is 7.56. The molecule has 0 aliphatic carbocycles. The third-order valence-corrected chi connectivity index (χ3v) is 6.00. The second-order valence-electron chi connectivity index (χ2n) is 5.51. The predicted molar refractivity (Wildman–Crippen MR) is 95.5 cm³/mol. The number of carboxylic acids is 1. The molecule has 1 aliphatic heterocycles. The Balaban J connectivity index is 1.76. The molecule has 3 rings (SSSR count). The molecule has 2 heterocycles. The average molecular weight is 377 g/mol. The first-order chi connectivity index (χ1) is 11.8. The van der Waals surface area contributed by atoms with Crippen molar-refractivity contribution in [3.63, 3.8) is 0 Å². The molecule has 0 bridgehead atoms. The summed E-state index contributed by atoms with van der Waals surface area (Å²) in [7, 11) is 0. The van der Waals surface area contributed by atoms with Crippen LogP contribution < -0.4 is 10.6 Å².